The van der Waals surface area contributed by atoms with Gasteiger partial charge in [-0.3, -0.25) is 0 Å². The van der Waals surface area contributed by atoms with Gasteiger partial charge < -0.3 is 10.6 Å². The topological polar surface area (TPSA) is 29.3 Å². The fourth-order valence-electron chi connectivity index (χ4n) is 2.10. The maximum atomic E-state index is 6.17. The molecule has 4 heteroatoms. The lowest BCUT2D eigenvalue weighted by Crippen LogP contribution is -2.32. The van der Waals surface area contributed by atoms with Crippen molar-refractivity contribution in [1.82, 2.24) is 0 Å². The molecule has 16 heavy (non-hydrogen) atoms. The summed E-state index contributed by atoms with van der Waals surface area (Å²) in [4.78, 5) is 2.33. The summed E-state index contributed by atoms with van der Waals surface area (Å²) in [6.45, 7) is 0.499. The van der Waals surface area contributed by atoms with Crippen molar-refractivity contribution in [2.45, 2.75) is 19.0 Å². The number of nitrogens with zero attached hydrogens (tertiary/aromatic N) is 1. The third kappa shape index (κ3) is 2.31. The molecule has 0 amide bonds. The minimum atomic E-state index is 0.499. The second-order valence-corrected chi connectivity index (χ2v) is 5.63. The number of hydrogen-bond acceptors (Lipinski definition) is 3. The summed E-state index contributed by atoms with van der Waals surface area (Å²) < 4.78 is 0. The Balaban J connectivity index is 2.27. The zero-order chi connectivity index (χ0) is 11.5. The molecule has 1 heterocycles. The van der Waals surface area contributed by atoms with Crippen LogP contribution >= 0.6 is 23.4 Å². The summed E-state index contributed by atoms with van der Waals surface area (Å²) in [7, 11) is 2.14. The van der Waals surface area contributed by atoms with E-state index in [1.54, 1.807) is 0 Å². The monoisotopic (exact) mass is 256 g/mol. The second-order valence-electron chi connectivity index (χ2n) is 4.07. The molecular formula is C12H17ClN2S. The fraction of sp³-hybridized carbons (Fsp3) is 0.500. The van der Waals surface area contributed by atoms with Crippen LogP contribution in [0.3, 0.4) is 0 Å². The van der Waals surface area contributed by atoms with Gasteiger partial charge in [0.25, 0.3) is 0 Å². The molecule has 1 aromatic rings. The SMILES string of the molecule is CN(c1cccc(Cl)c1CN)C1CCSC1. The van der Waals surface area contributed by atoms with Crippen LogP contribution in [0.2, 0.25) is 5.02 Å². The molecule has 1 aliphatic rings. The van der Waals surface area contributed by atoms with Crippen molar-refractivity contribution in [1.29, 1.82) is 0 Å². The molecule has 1 saturated heterocycles. The van der Waals surface area contributed by atoms with Crippen LogP contribution in [0.25, 0.3) is 0 Å². The number of rotatable bonds is 3. The predicted molar refractivity (Wildman–Crippen MR) is 73.5 cm³/mol. The molecule has 1 unspecified atom stereocenters. The molecule has 88 valence electrons. The van der Waals surface area contributed by atoms with Gasteiger partial charge in [0.2, 0.25) is 0 Å². The van der Waals surface area contributed by atoms with Crippen molar-refractivity contribution >= 4 is 29.1 Å². The Morgan fingerprint density at radius 3 is 3.00 bits per heavy atom. The quantitative estimate of drug-likeness (QED) is 0.902. The molecule has 0 saturated carbocycles. The molecule has 1 aliphatic heterocycles. The minimum absolute atomic E-state index is 0.499. The first-order valence-corrected chi connectivity index (χ1v) is 7.05. The van der Waals surface area contributed by atoms with E-state index in [2.05, 4.69) is 18.0 Å². The van der Waals surface area contributed by atoms with E-state index in [0.29, 0.717) is 12.6 Å². The average molecular weight is 257 g/mol. The number of halogens is 1. The van der Waals surface area contributed by atoms with Crippen LogP contribution in [0.1, 0.15) is 12.0 Å². The summed E-state index contributed by atoms with van der Waals surface area (Å²) >= 11 is 8.19. The second kappa shape index (κ2) is 5.30. The maximum absolute atomic E-state index is 6.17. The molecule has 2 rings (SSSR count). The number of nitrogens with two attached hydrogens (primary N) is 1. The van der Waals surface area contributed by atoms with E-state index in [4.69, 9.17) is 17.3 Å². The van der Waals surface area contributed by atoms with Gasteiger partial charge in [-0.25, -0.2) is 0 Å². The zero-order valence-corrected chi connectivity index (χ0v) is 11.0. The highest BCUT2D eigenvalue weighted by Gasteiger charge is 2.22. The van der Waals surface area contributed by atoms with Crippen molar-refractivity contribution in [2.24, 2.45) is 5.73 Å². The van der Waals surface area contributed by atoms with Gasteiger partial charge in [-0.05, 0) is 24.3 Å². The lowest BCUT2D eigenvalue weighted by atomic mass is 10.1. The van der Waals surface area contributed by atoms with Crippen LogP contribution in [0.15, 0.2) is 18.2 Å². The van der Waals surface area contributed by atoms with Crippen molar-refractivity contribution in [3.05, 3.63) is 28.8 Å². The van der Waals surface area contributed by atoms with E-state index in [9.17, 15) is 0 Å². The molecular weight excluding hydrogens is 240 g/mol. The Kier molecular flexibility index (Phi) is 4.00. The standard InChI is InChI=1S/C12H17ClN2S/c1-15(9-5-6-16-8-9)12-4-2-3-11(13)10(12)7-14/h2-4,9H,5-8,14H2,1H3. The van der Waals surface area contributed by atoms with Gasteiger partial charge in [0.1, 0.15) is 0 Å². The molecule has 0 bridgehead atoms. The van der Waals surface area contributed by atoms with E-state index in [1.807, 2.05) is 23.9 Å². The van der Waals surface area contributed by atoms with E-state index in [1.165, 1.54) is 23.6 Å². The highest BCUT2D eigenvalue weighted by molar-refractivity contribution is 7.99. The van der Waals surface area contributed by atoms with Crippen LogP contribution < -0.4 is 10.6 Å². The van der Waals surface area contributed by atoms with Crippen molar-refractivity contribution in [3.8, 4) is 0 Å². The van der Waals surface area contributed by atoms with Gasteiger partial charge in [0.15, 0.2) is 0 Å². The third-order valence-corrected chi connectivity index (χ3v) is 4.63. The Hall–Kier alpha value is -0.380. The molecule has 1 aromatic carbocycles. The number of thioether (sulfide) groups is 1. The Bertz CT molecular complexity index is 364. The fourth-order valence-corrected chi connectivity index (χ4v) is 3.62. The summed E-state index contributed by atoms with van der Waals surface area (Å²) in [6.07, 6.45) is 1.25. The number of benzene rings is 1. The first-order chi connectivity index (χ1) is 7.74. The molecule has 1 atom stereocenters. The Morgan fingerprint density at radius 1 is 1.56 bits per heavy atom. The normalized spacial score (nSPS) is 20.1. The lowest BCUT2D eigenvalue weighted by Gasteiger charge is -2.28. The van der Waals surface area contributed by atoms with Crippen LogP contribution in [-0.4, -0.2) is 24.6 Å². The van der Waals surface area contributed by atoms with E-state index >= 15 is 0 Å². The van der Waals surface area contributed by atoms with Crippen molar-refractivity contribution in [2.75, 3.05) is 23.5 Å². The molecule has 2 nitrogen and oxygen atoms in total. The maximum Gasteiger partial charge on any atom is 0.0471 e. The van der Waals surface area contributed by atoms with Gasteiger partial charge in [-0.2, -0.15) is 11.8 Å². The van der Waals surface area contributed by atoms with Gasteiger partial charge in [-0.1, -0.05) is 17.7 Å². The lowest BCUT2D eigenvalue weighted by molar-refractivity contribution is 0.696. The molecule has 0 aromatic heterocycles. The summed E-state index contributed by atoms with van der Waals surface area (Å²) in [6, 6.07) is 6.63. The average Bonchev–Trinajstić information content (AvgIpc) is 2.81. The summed E-state index contributed by atoms with van der Waals surface area (Å²) in [5.41, 5.74) is 8.01. The van der Waals surface area contributed by atoms with Crippen LogP contribution in [0.4, 0.5) is 5.69 Å². The first kappa shape index (κ1) is 12.1. The Labute approximate surface area is 106 Å². The largest absolute Gasteiger partial charge is 0.370 e. The predicted octanol–water partition coefficient (Wildman–Crippen LogP) is 2.74. The first-order valence-electron chi connectivity index (χ1n) is 5.52. The van der Waals surface area contributed by atoms with Crippen molar-refractivity contribution < 1.29 is 0 Å². The number of anilines is 1. The molecule has 0 spiro atoms. The highest BCUT2D eigenvalue weighted by atomic mass is 35.5. The van der Waals surface area contributed by atoms with Crippen LogP contribution in [0.5, 0.6) is 0 Å². The number of hydrogen-bond donors (Lipinski definition) is 1. The molecule has 0 aliphatic carbocycles. The summed E-state index contributed by atoms with van der Waals surface area (Å²) in [5, 5.41) is 0.775. The van der Waals surface area contributed by atoms with Crippen LogP contribution in [0, 0.1) is 0 Å². The van der Waals surface area contributed by atoms with Gasteiger partial charge >= 0.3 is 0 Å². The van der Waals surface area contributed by atoms with E-state index in [-0.39, 0.29) is 0 Å². The molecule has 2 N–H and O–H groups in total. The minimum Gasteiger partial charge on any atom is -0.370 e. The Morgan fingerprint density at radius 2 is 2.38 bits per heavy atom. The molecule has 0 radical (unpaired) electrons. The van der Waals surface area contributed by atoms with Gasteiger partial charge in [0.05, 0.1) is 0 Å². The highest BCUT2D eigenvalue weighted by Crippen LogP contribution is 2.31. The van der Waals surface area contributed by atoms with Crippen molar-refractivity contribution in [3.63, 3.8) is 0 Å². The molecule has 1 fully saturated rings. The van der Waals surface area contributed by atoms with E-state index < -0.39 is 0 Å². The van der Waals surface area contributed by atoms with E-state index in [0.717, 1.165) is 10.6 Å². The van der Waals surface area contributed by atoms with Gasteiger partial charge in [-0.15, -0.1) is 0 Å². The zero-order valence-electron chi connectivity index (χ0n) is 9.45. The smallest absolute Gasteiger partial charge is 0.0471 e. The van der Waals surface area contributed by atoms with Gasteiger partial charge in [0, 0.05) is 41.7 Å². The van der Waals surface area contributed by atoms with Crippen LogP contribution in [-0.2, 0) is 6.54 Å². The summed E-state index contributed by atoms with van der Waals surface area (Å²) in [5.74, 6) is 2.46. The third-order valence-electron chi connectivity index (χ3n) is 3.13.